The Morgan fingerprint density at radius 1 is 1.43 bits per heavy atom. The number of aromatic nitrogens is 5. The van der Waals surface area contributed by atoms with E-state index >= 15 is 0 Å². The highest BCUT2D eigenvalue weighted by Gasteiger charge is 2.15. The molecule has 0 fully saturated rings. The normalized spacial score (nSPS) is 11.0. The van der Waals surface area contributed by atoms with Gasteiger partial charge in [-0.25, -0.2) is 9.50 Å². The van der Waals surface area contributed by atoms with Crippen molar-refractivity contribution in [1.29, 1.82) is 0 Å². The molecular formula is C13H15N7O. The van der Waals surface area contributed by atoms with Gasteiger partial charge in [0.1, 0.15) is 11.4 Å². The number of amides is 1. The Morgan fingerprint density at radius 3 is 2.95 bits per heavy atom. The summed E-state index contributed by atoms with van der Waals surface area (Å²) in [7, 11) is 0. The number of aryl methyl sites for hydroxylation is 2. The van der Waals surface area contributed by atoms with Crippen LogP contribution < -0.4 is 11.1 Å². The molecule has 21 heavy (non-hydrogen) atoms. The molecule has 3 heterocycles. The number of carbonyl (C=O) groups is 1. The van der Waals surface area contributed by atoms with E-state index in [-0.39, 0.29) is 5.91 Å². The molecule has 0 atom stereocenters. The molecule has 4 N–H and O–H groups in total. The van der Waals surface area contributed by atoms with Crippen LogP contribution in [0.2, 0.25) is 0 Å². The monoisotopic (exact) mass is 285 g/mol. The Kier molecular flexibility index (Phi) is 3.05. The van der Waals surface area contributed by atoms with Crippen LogP contribution >= 0.6 is 0 Å². The predicted octanol–water partition coefficient (Wildman–Crippen LogP) is 0.581. The van der Waals surface area contributed by atoms with Gasteiger partial charge in [-0.3, -0.25) is 9.89 Å². The number of nitrogens with zero attached hydrogens (tertiary/aromatic N) is 4. The molecule has 0 spiro atoms. The molecule has 108 valence electrons. The predicted molar refractivity (Wildman–Crippen MR) is 76.6 cm³/mol. The zero-order valence-corrected chi connectivity index (χ0v) is 11.7. The summed E-state index contributed by atoms with van der Waals surface area (Å²) in [4.78, 5) is 16.6. The SMILES string of the molecule is Cc1cc(C)n2ncc(C(=O)NCc3cn[nH]c3N)c2n1. The zero-order valence-electron chi connectivity index (χ0n) is 11.7. The summed E-state index contributed by atoms with van der Waals surface area (Å²) in [5.41, 5.74) is 9.16. The minimum Gasteiger partial charge on any atom is -0.384 e. The van der Waals surface area contributed by atoms with E-state index in [1.54, 1.807) is 10.7 Å². The lowest BCUT2D eigenvalue weighted by Gasteiger charge is -2.04. The smallest absolute Gasteiger partial charge is 0.257 e. The van der Waals surface area contributed by atoms with Crippen LogP contribution in [0.15, 0.2) is 18.5 Å². The number of hydrogen-bond acceptors (Lipinski definition) is 5. The van der Waals surface area contributed by atoms with Crippen molar-refractivity contribution in [2.24, 2.45) is 0 Å². The molecule has 0 aliphatic carbocycles. The summed E-state index contributed by atoms with van der Waals surface area (Å²) < 4.78 is 1.65. The number of rotatable bonds is 3. The standard InChI is InChI=1S/C13H15N7O/c1-7-3-8(2)20-12(18-7)10(6-17-20)13(21)15-4-9-5-16-19-11(9)14/h3,5-6H,4H2,1-2H3,(H,15,21)(H3,14,16,19). The van der Waals surface area contributed by atoms with Crippen LogP contribution in [0.3, 0.4) is 0 Å². The number of nitrogens with one attached hydrogen (secondary N) is 2. The fourth-order valence-electron chi connectivity index (χ4n) is 2.16. The molecule has 1 amide bonds. The quantitative estimate of drug-likeness (QED) is 0.651. The molecular weight excluding hydrogens is 270 g/mol. The average Bonchev–Trinajstić information content (AvgIpc) is 3.02. The maximum atomic E-state index is 12.3. The number of aromatic amines is 1. The van der Waals surface area contributed by atoms with Crippen molar-refractivity contribution in [1.82, 2.24) is 30.1 Å². The van der Waals surface area contributed by atoms with Crippen molar-refractivity contribution in [2.75, 3.05) is 5.73 Å². The summed E-state index contributed by atoms with van der Waals surface area (Å²) in [5.74, 6) is 0.197. The molecule has 3 aromatic rings. The van der Waals surface area contributed by atoms with E-state index in [4.69, 9.17) is 5.73 Å². The van der Waals surface area contributed by atoms with Gasteiger partial charge in [-0.15, -0.1) is 0 Å². The molecule has 0 unspecified atom stereocenters. The third kappa shape index (κ3) is 2.31. The first-order valence-electron chi connectivity index (χ1n) is 6.44. The van der Waals surface area contributed by atoms with Crippen molar-refractivity contribution >= 4 is 17.4 Å². The molecule has 8 nitrogen and oxygen atoms in total. The number of carbonyl (C=O) groups excluding carboxylic acids is 1. The second-order valence-corrected chi connectivity index (χ2v) is 4.82. The highest BCUT2D eigenvalue weighted by atomic mass is 16.1. The van der Waals surface area contributed by atoms with Gasteiger partial charge in [0.05, 0.1) is 12.4 Å². The van der Waals surface area contributed by atoms with Crippen molar-refractivity contribution in [2.45, 2.75) is 20.4 Å². The van der Waals surface area contributed by atoms with Gasteiger partial charge in [0, 0.05) is 23.5 Å². The van der Waals surface area contributed by atoms with E-state index in [0.29, 0.717) is 23.6 Å². The highest BCUT2D eigenvalue weighted by molar-refractivity contribution is 5.99. The van der Waals surface area contributed by atoms with Gasteiger partial charge < -0.3 is 11.1 Å². The summed E-state index contributed by atoms with van der Waals surface area (Å²) in [6.45, 7) is 4.10. The van der Waals surface area contributed by atoms with Crippen molar-refractivity contribution < 1.29 is 4.79 Å². The van der Waals surface area contributed by atoms with Gasteiger partial charge in [0.25, 0.3) is 5.91 Å². The Morgan fingerprint density at radius 2 is 2.24 bits per heavy atom. The minimum atomic E-state index is -0.247. The number of fused-ring (bicyclic) bond motifs is 1. The molecule has 0 bridgehead atoms. The van der Waals surface area contributed by atoms with Crippen molar-refractivity contribution in [3.63, 3.8) is 0 Å². The first kappa shape index (κ1) is 13.1. The number of hydrogen-bond donors (Lipinski definition) is 3. The first-order valence-corrected chi connectivity index (χ1v) is 6.44. The van der Waals surface area contributed by atoms with Gasteiger partial charge in [-0.05, 0) is 19.9 Å². The second-order valence-electron chi connectivity index (χ2n) is 4.82. The number of nitrogen functional groups attached to an aromatic ring is 1. The fraction of sp³-hybridized carbons (Fsp3) is 0.231. The van der Waals surface area contributed by atoms with E-state index in [1.165, 1.54) is 6.20 Å². The Hall–Kier alpha value is -2.90. The number of H-pyrrole nitrogens is 1. The molecule has 0 radical (unpaired) electrons. The summed E-state index contributed by atoms with van der Waals surface area (Å²) in [6, 6.07) is 1.91. The van der Waals surface area contributed by atoms with E-state index in [0.717, 1.165) is 17.0 Å². The van der Waals surface area contributed by atoms with E-state index < -0.39 is 0 Å². The summed E-state index contributed by atoms with van der Waals surface area (Å²) in [5, 5.41) is 13.4. The molecule has 0 aromatic carbocycles. The van der Waals surface area contributed by atoms with Gasteiger partial charge in [0.2, 0.25) is 0 Å². The average molecular weight is 285 g/mol. The fourth-order valence-corrected chi connectivity index (χ4v) is 2.16. The zero-order chi connectivity index (χ0) is 15.0. The molecule has 0 aliphatic rings. The van der Waals surface area contributed by atoms with Crippen molar-refractivity contribution in [3.8, 4) is 0 Å². The van der Waals surface area contributed by atoms with Crippen LogP contribution in [0.4, 0.5) is 5.82 Å². The van der Waals surface area contributed by atoms with Crippen LogP contribution in [0, 0.1) is 13.8 Å². The lowest BCUT2D eigenvalue weighted by Crippen LogP contribution is -2.23. The minimum absolute atomic E-state index is 0.247. The van der Waals surface area contributed by atoms with Gasteiger partial charge in [-0.2, -0.15) is 10.2 Å². The van der Waals surface area contributed by atoms with Crippen LogP contribution in [0.25, 0.3) is 5.65 Å². The molecule has 0 saturated carbocycles. The Bertz CT molecular complexity index is 817. The van der Waals surface area contributed by atoms with Crippen LogP contribution in [-0.4, -0.2) is 30.7 Å². The molecule has 3 aromatic heterocycles. The highest BCUT2D eigenvalue weighted by Crippen LogP contribution is 2.12. The van der Waals surface area contributed by atoms with Gasteiger partial charge in [0.15, 0.2) is 5.65 Å². The number of anilines is 1. The molecule has 0 aliphatic heterocycles. The topological polar surface area (TPSA) is 114 Å². The maximum absolute atomic E-state index is 12.3. The van der Waals surface area contributed by atoms with E-state index in [2.05, 4.69) is 25.6 Å². The van der Waals surface area contributed by atoms with Gasteiger partial charge in [-0.1, -0.05) is 0 Å². The second kappa shape index (κ2) is 4.89. The van der Waals surface area contributed by atoms with Crippen molar-refractivity contribution in [3.05, 3.63) is 41.0 Å². The summed E-state index contributed by atoms with van der Waals surface area (Å²) >= 11 is 0. The largest absolute Gasteiger partial charge is 0.384 e. The summed E-state index contributed by atoms with van der Waals surface area (Å²) in [6.07, 6.45) is 3.10. The van der Waals surface area contributed by atoms with E-state index in [9.17, 15) is 4.79 Å². The Labute approximate surface area is 120 Å². The molecule has 8 heteroatoms. The van der Waals surface area contributed by atoms with Crippen LogP contribution in [0.1, 0.15) is 27.3 Å². The Balaban J connectivity index is 1.86. The number of nitrogens with two attached hydrogens (primary N) is 1. The molecule has 0 saturated heterocycles. The third-order valence-electron chi connectivity index (χ3n) is 3.21. The van der Waals surface area contributed by atoms with Crippen LogP contribution in [-0.2, 0) is 6.54 Å². The first-order chi connectivity index (χ1) is 10.1. The third-order valence-corrected chi connectivity index (χ3v) is 3.21. The maximum Gasteiger partial charge on any atom is 0.257 e. The van der Waals surface area contributed by atoms with Gasteiger partial charge >= 0.3 is 0 Å². The lowest BCUT2D eigenvalue weighted by molar-refractivity contribution is 0.0952. The van der Waals surface area contributed by atoms with E-state index in [1.807, 2.05) is 19.9 Å². The lowest BCUT2D eigenvalue weighted by atomic mass is 10.2. The molecule has 3 rings (SSSR count). The van der Waals surface area contributed by atoms with Crippen LogP contribution in [0.5, 0.6) is 0 Å².